The summed E-state index contributed by atoms with van der Waals surface area (Å²) < 4.78 is 38.3. The Labute approximate surface area is 148 Å². The number of esters is 1. The summed E-state index contributed by atoms with van der Waals surface area (Å²) >= 11 is 0. The lowest BCUT2D eigenvalue weighted by atomic mass is 10.0. The second-order valence-electron chi connectivity index (χ2n) is 6.88. The molecule has 0 aromatic carbocycles. The molecule has 1 saturated heterocycles. The van der Waals surface area contributed by atoms with Crippen LogP contribution in [0.4, 0.5) is 0 Å². The summed E-state index contributed by atoms with van der Waals surface area (Å²) in [5.74, 6) is 0.101. The Morgan fingerprint density at radius 1 is 1.16 bits per heavy atom. The fraction of sp³-hybridized carbons (Fsp3) is 0.765. The molecule has 7 nitrogen and oxygen atoms in total. The number of piperidine rings is 1. The molecule has 1 aliphatic heterocycles. The zero-order valence-electron chi connectivity index (χ0n) is 14.9. The first kappa shape index (κ1) is 18.4. The van der Waals surface area contributed by atoms with Crippen molar-refractivity contribution in [2.45, 2.75) is 69.6 Å². The Morgan fingerprint density at radius 3 is 2.52 bits per heavy atom. The van der Waals surface area contributed by atoms with Gasteiger partial charge in [-0.2, -0.15) is 4.31 Å². The molecule has 1 unspecified atom stereocenters. The summed E-state index contributed by atoms with van der Waals surface area (Å²) in [7, 11) is -2.11. The van der Waals surface area contributed by atoms with Gasteiger partial charge in [0.1, 0.15) is 11.8 Å². The van der Waals surface area contributed by atoms with Crippen LogP contribution in [0, 0.1) is 6.92 Å². The standard InChI is InChI=1S/C17H26N2O5S/c1-12-15(17(20)23-2)18-16(24-12)14-10-6-7-11-19(14)25(21,22)13-8-4-3-5-9-13/h13-14H,3-11H2,1-2H3. The molecule has 1 atom stereocenters. The van der Waals surface area contributed by atoms with E-state index < -0.39 is 22.0 Å². The number of carbonyl (C=O) groups is 1. The maximum atomic E-state index is 13.2. The lowest BCUT2D eigenvalue weighted by Gasteiger charge is -2.36. The van der Waals surface area contributed by atoms with Crippen molar-refractivity contribution in [3.05, 3.63) is 17.3 Å². The SMILES string of the molecule is COC(=O)c1nc(C2CCCCN2S(=O)(=O)C2CCCCC2)oc1C. The van der Waals surface area contributed by atoms with Gasteiger partial charge >= 0.3 is 5.97 Å². The average Bonchev–Trinajstić information content (AvgIpc) is 3.03. The number of hydrogen-bond donors (Lipinski definition) is 0. The predicted octanol–water partition coefficient (Wildman–Crippen LogP) is 2.96. The van der Waals surface area contributed by atoms with Crippen LogP contribution in [0.15, 0.2) is 4.42 Å². The van der Waals surface area contributed by atoms with Crippen molar-refractivity contribution in [2.24, 2.45) is 0 Å². The maximum absolute atomic E-state index is 13.2. The average molecular weight is 370 g/mol. The van der Waals surface area contributed by atoms with Crippen molar-refractivity contribution >= 4 is 16.0 Å². The predicted molar refractivity (Wildman–Crippen MR) is 91.7 cm³/mol. The Kier molecular flexibility index (Phi) is 5.48. The van der Waals surface area contributed by atoms with Crippen LogP contribution in [-0.4, -0.2) is 42.6 Å². The summed E-state index contributed by atoms with van der Waals surface area (Å²) in [5, 5.41) is -0.307. The van der Waals surface area contributed by atoms with E-state index in [-0.39, 0.29) is 10.9 Å². The van der Waals surface area contributed by atoms with Crippen LogP contribution in [0.3, 0.4) is 0 Å². The number of ether oxygens (including phenoxy) is 1. The van der Waals surface area contributed by atoms with E-state index >= 15 is 0 Å². The number of aromatic nitrogens is 1. The number of rotatable bonds is 4. The van der Waals surface area contributed by atoms with E-state index in [9.17, 15) is 13.2 Å². The Balaban J connectivity index is 1.90. The largest absolute Gasteiger partial charge is 0.464 e. The van der Waals surface area contributed by atoms with E-state index in [0.29, 0.717) is 24.6 Å². The number of aryl methyl sites for hydroxylation is 1. The van der Waals surface area contributed by atoms with Gasteiger partial charge < -0.3 is 9.15 Å². The van der Waals surface area contributed by atoms with Crippen LogP contribution in [-0.2, 0) is 14.8 Å². The molecule has 1 saturated carbocycles. The number of nitrogens with zero attached hydrogens (tertiary/aromatic N) is 2. The number of carbonyl (C=O) groups excluding carboxylic acids is 1. The van der Waals surface area contributed by atoms with Gasteiger partial charge in [0, 0.05) is 6.54 Å². The number of sulfonamides is 1. The molecule has 2 heterocycles. The third-order valence-electron chi connectivity index (χ3n) is 5.23. The molecule has 1 aromatic heterocycles. The first-order valence-electron chi connectivity index (χ1n) is 9.01. The minimum Gasteiger partial charge on any atom is -0.464 e. The van der Waals surface area contributed by atoms with Gasteiger partial charge in [0.2, 0.25) is 15.9 Å². The minimum atomic E-state index is -3.39. The van der Waals surface area contributed by atoms with E-state index in [1.54, 1.807) is 11.2 Å². The normalized spacial score (nSPS) is 23.5. The molecular weight excluding hydrogens is 344 g/mol. The van der Waals surface area contributed by atoms with E-state index in [0.717, 1.165) is 44.9 Å². The van der Waals surface area contributed by atoms with Crippen LogP contribution < -0.4 is 0 Å². The van der Waals surface area contributed by atoms with Crippen LogP contribution in [0.1, 0.15) is 79.5 Å². The number of oxazole rings is 1. The molecule has 0 bridgehead atoms. The van der Waals surface area contributed by atoms with Gasteiger partial charge in [-0.3, -0.25) is 0 Å². The molecular formula is C17H26N2O5S. The highest BCUT2D eigenvalue weighted by molar-refractivity contribution is 7.89. The number of methoxy groups -OCH3 is 1. The number of hydrogen-bond acceptors (Lipinski definition) is 6. The second-order valence-corrected chi connectivity index (χ2v) is 9.04. The molecule has 0 amide bonds. The van der Waals surface area contributed by atoms with Crippen LogP contribution in [0.25, 0.3) is 0 Å². The molecule has 3 rings (SSSR count). The Morgan fingerprint density at radius 2 is 1.84 bits per heavy atom. The van der Waals surface area contributed by atoms with Crippen molar-refractivity contribution < 1.29 is 22.4 Å². The van der Waals surface area contributed by atoms with Crippen LogP contribution in [0.5, 0.6) is 0 Å². The lowest BCUT2D eigenvalue weighted by molar-refractivity contribution is 0.0592. The van der Waals surface area contributed by atoms with Gasteiger partial charge in [0.15, 0.2) is 5.69 Å². The van der Waals surface area contributed by atoms with Gasteiger partial charge in [-0.05, 0) is 32.6 Å². The van der Waals surface area contributed by atoms with Crippen molar-refractivity contribution in [3.63, 3.8) is 0 Å². The summed E-state index contributed by atoms with van der Waals surface area (Å²) in [4.78, 5) is 16.0. The molecule has 0 spiro atoms. The molecule has 2 aliphatic rings. The third kappa shape index (κ3) is 3.60. The highest BCUT2D eigenvalue weighted by Gasteiger charge is 2.41. The molecule has 25 heavy (non-hydrogen) atoms. The van der Waals surface area contributed by atoms with Crippen molar-refractivity contribution in [2.75, 3.05) is 13.7 Å². The molecule has 2 fully saturated rings. The monoisotopic (exact) mass is 370 g/mol. The Hall–Kier alpha value is -1.41. The third-order valence-corrected chi connectivity index (χ3v) is 7.64. The van der Waals surface area contributed by atoms with Crippen molar-refractivity contribution in [1.29, 1.82) is 0 Å². The summed E-state index contributed by atoms with van der Waals surface area (Å²) in [5.41, 5.74) is 0.123. The van der Waals surface area contributed by atoms with Gasteiger partial charge in [-0.15, -0.1) is 0 Å². The van der Waals surface area contributed by atoms with Gasteiger partial charge in [-0.1, -0.05) is 25.7 Å². The quantitative estimate of drug-likeness (QED) is 0.757. The topological polar surface area (TPSA) is 89.7 Å². The van der Waals surface area contributed by atoms with E-state index in [4.69, 9.17) is 9.15 Å². The van der Waals surface area contributed by atoms with Crippen LogP contribution >= 0.6 is 0 Å². The molecule has 8 heteroatoms. The highest BCUT2D eigenvalue weighted by atomic mass is 32.2. The van der Waals surface area contributed by atoms with E-state index in [2.05, 4.69) is 4.98 Å². The van der Waals surface area contributed by atoms with Crippen LogP contribution in [0.2, 0.25) is 0 Å². The first-order valence-corrected chi connectivity index (χ1v) is 10.5. The summed E-state index contributed by atoms with van der Waals surface area (Å²) in [6.45, 7) is 2.13. The molecule has 1 aromatic rings. The summed E-state index contributed by atoms with van der Waals surface area (Å²) in [6.07, 6.45) is 6.90. The highest BCUT2D eigenvalue weighted by Crippen LogP contribution is 2.37. The maximum Gasteiger partial charge on any atom is 0.360 e. The molecule has 140 valence electrons. The fourth-order valence-corrected chi connectivity index (χ4v) is 6.10. The molecule has 0 radical (unpaired) electrons. The fourth-order valence-electron chi connectivity index (χ4n) is 3.86. The van der Waals surface area contributed by atoms with E-state index in [1.807, 2.05) is 0 Å². The lowest BCUT2D eigenvalue weighted by Crippen LogP contribution is -2.44. The smallest absolute Gasteiger partial charge is 0.360 e. The first-order chi connectivity index (χ1) is 11.9. The molecule has 1 aliphatic carbocycles. The second kappa shape index (κ2) is 7.45. The van der Waals surface area contributed by atoms with Crippen molar-refractivity contribution in [1.82, 2.24) is 9.29 Å². The Bertz CT molecular complexity index is 721. The summed E-state index contributed by atoms with van der Waals surface area (Å²) in [6, 6.07) is -0.433. The molecule has 0 N–H and O–H groups in total. The zero-order chi connectivity index (χ0) is 18.0. The van der Waals surface area contributed by atoms with Gasteiger partial charge in [-0.25, -0.2) is 18.2 Å². The minimum absolute atomic E-state index is 0.123. The van der Waals surface area contributed by atoms with E-state index in [1.165, 1.54) is 7.11 Å². The zero-order valence-corrected chi connectivity index (χ0v) is 15.7. The van der Waals surface area contributed by atoms with Gasteiger partial charge in [0.25, 0.3) is 0 Å². The van der Waals surface area contributed by atoms with Crippen molar-refractivity contribution in [3.8, 4) is 0 Å². The van der Waals surface area contributed by atoms with Gasteiger partial charge in [0.05, 0.1) is 12.4 Å².